The Morgan fingerprint density at radius 2 is 2.18 bits per heavy atom. The average Bonchev–Trinajstić information content (AvgIpc) is 2.63. The normalized spacial score (nSPS) is 25.4. The summed E-state index contributed by atoms with van der Waals surface area (Å²) in [6, 6.07) is 0. The van der Waals surface area contributed by atoms with E-state index in [9.17, 15) is 18.0 Å². The van der Waals surface area contributed by atoms with Crippen molar-refractivity contribution in [1.82, 2.24) is 10.2 Å². The summed E-state index contributed by atoms with van der Waals surface area (Å²) in [5, 5.41) is 2.63. The Labute approximate surface area is 98.1 Å². The number of nitrogens with one attached hydrogen (secondary N) is 1. The van der Waals surface area contributed by atoms with Gasteiger partial charge in [-0.1, -0.05) is 0 Å². The van der Waals surface area contributed by atoms with Crippen LogP contribution in [0.4, 0.5) is 13.2 Å². The Bertz CT molecular complexity index is 283. The number of carbonyl (C=O) groups is 1. The Kier molecular flexibility index (Phi) is 4.37. The van der Waals surface area contributed by atoms with Gasteiger partial charge in [0, 0.05) is 19.6 Å². The van der Waals surface area contributed by atoms with E-state index >= 15 is 0 Å². The molecule has 1 fully saturated rings. The van der Waals surface area contributed by atoms with Crippen molar-refractivity contribution in [2.75, 3.05) is 33.3 Å². The van der Waals surface area contributed by atoms with Gasteiger partial charge in [0.15, 0.2) is 5.60 Å². The minimum Gasteiger partial charge on any atom is -0.364 e. The highest BCUT2D eigenvalue weighted by Crippen LogP contribution is 2.40. The molecule has 0 bridgehead atoms. The lowest BCUT2D eigenvalue weighted by Crippen LogP contribution is -2.51. The van der Waals surface area contributed by atoms with E-state index < -0.39 is 18.3 Å². The third kappa shape index (κ3) is 2.90. The first-order valence-electron chi connectivity index (χ1n) is 5.49. The Balaban J connectivity index is 2.75. The Hall–Kier alpha value is -0.820. The Morgan fingerprint density at radius 1 is 1.53 bits per heavy atom. The van der Waals surface area contributed by atoms with Crippen LogP contribution in [0, 0.1) is 0 Å². The topological polar surface area (TPSA) is 41.6 Å². The maximum atomic E-state index is 12.9. The van der Waals surface area contributed by atoms with Crippen LogP contribution in [0.5, 0.6) is 0 Å². The van der Waals surface area contributed by atoms with Crippen molar-refractivity contribution >= 4 is 5.91 Å². The van der Waals surface area contributed by atoms with Crippen LogP contribution in [-0.2, 0) is 9.53 Å². The minimum atomic E-state index is -4.45. The molecule has 1 heterocycles. The third-order valence-electron chi connectivity index (χ3n) is 2.85. The number of rotatable bonds is 4. The van der Waals surface area contributed by atoms with Crippen LogP contribution in [0.15, 0.2) is 0 Å². The van der Waals surface area contributed by atoms with Gasteiger partial charge in [0.1, 0.15) is 0 Å². The first-order valence-corrected chi connectivity index (χ1v) is 5.49. The minimum absolute atomic E-state index is 0.0203. The fraction of sp³-hybridized carbons (Fsp3) is 0.900. The van der Waals surface area contributed by atoms with Gasteiger partial charge in [-0.05, 0) is 14.0 Å². The molecule has 1 saturated heterocycles. The largest absolute Gasteiger partial charge is 0.419 e. The van der Waals surface area contributed by atoms with Crippen LogP contribution < -0.4 is 5.32 Å². The number of nitrogens with zero attached hydrogens (tertiary/aromatic N) is 1. The summed E-state index contributed by atoms with van der Waals surface area (Å²) in [7, 11) is 1.58. The van der Waals surface area contributed by atoms with Crippen LogP contribution in [0.25, 0.3) is 0 Å². The zero-order chi connectivity index (χ0) is 13.1. The molecule has 0 aromatic heterocycles. The SMILES string of the molecule is CCO[C@@]1(C(F)(F)F)CCN(C(=O)CNC)C1. The van der Waals surface area contributed by atoms with E-state index in [1.807, 2.05) is 0 Å². The highest BCUT2D eigenvalue weighted by atomic mass is 19.4. The monoisotopic (exact) mass is 254 g/mol. The number of carbonyl (C=O) groups excluding carboxylic acids is 1. The number of likely N-dealkylation sites (tertiary alicyclic amines) is 1. The standard InChI is InChI=1S/C10H17F3N2O2/c1-3-17-9(10(11,12)13)4-5-15(7-9)8(16)6-14-2/h14H,3-7H2,1-2H3/t9-/m0/s1. The summed E-state index contributed by atoms with van der Waals surface area (Å²) in [4.78, 5) is 12.7. The maximum absolute atomic E-state index is 12.9. The van der Waals surface area contributed by atoms with Crippen LogP contribution in [0.3, 0.4) is 0 Å². The van der Waals surface area contributed by atoms with Gasteiger partial charge in [0.05, 0.1) is 13.1 Å². The van der Waals surface area contributed by atoms with Gasteiger partial charge in [-0.25, -0.2) is 0 Å². The highest BCUT2D eigenvalue weighted by Gasteiger charge is 2.59. The zero-order valence-corrected chi connectivity index (χ0v) is 9.93. The molecule has 1 aliphatic rings. The molecule has 0 aliphatic carbocycles. The lowest BCUT2D eigenvalue weighted by molar-refractivity contribution is -0.270. The first-order chi connectivity index (χ1) is 7.86. The van der Waals surface area contributed by atoms with Crippen LogP contribution in [0.1, 0.15) is 13.3 Å². The van der Waals surface area contributed by atoms with E-state index in [0.29, 0.717) is 0 Å². The summed E-state index contributed by atoms with van der Waals surface area (Å²) in [6.07, 6.45) is -4.64. The van der Waals surface area contributed by atoms with E-state index in [1.165, 1.54) is 11.8 Å². The number of halogens is 3. The van der Waals surface area contributed by atoms with Gasteiger partial charge in [-0.15, -0.1) is 0 Å². The molecule has 1 rings (SSSR count). The van der Waals surface area contributed by atoms with Crippen molar-refractivity contribution in [3.8, 4) is 0 Å². The van der Waals surface area contributed by atoms with E-state index in [2.05, 4.69) is 5.32 Å². The molecule has 0 aromatic carbocycles. The molecule has 1 N–H and O–H groups in total. The summed E-state index contributed by atoms with van der Waals surface area (Å²) in [5.41, 5.74) is -2.19. The summed E-state index contributed by atoms with van der Waals surface area (Å²) >= 11 is 0. The van der Waals surface area contributed by atoms with E-state index in [0.717, 1.165) is 0 Å². The van der Waals surface area contributed by atoms with Gasteiger partial charge in [0.2, 0.25) is 5.91 Å². The molecule has 0 spiro atoms. The number of hydrogen-bond donors (Lipinski definition) is 1. The Morgan fingerprint density at radius 3 is 2.65 bits per heavy atom. The third-order valence-corrected chi connectivity index (χ3v) is 2.85. The summed E-state index contributed by atoms with van der Waals surface area (Å²) < 4.78 is 43.7. The fourth-order valence-corrected chi connectivity index (χ4v) is 1.97. The number of hydrogen-bond acceptors (Lipinski definition) is 3. The van der Waals surface area contributed by atoms with Gasteiger partial charge in [-0.3, -0.25) is 4.79 Å². The molecule has 7 heteroatoms. The van der Waals surface area contributed by atoms with Crippen LogP contribution >= 0.6 is 0 Å². The molecular formula is C10H17F3N2O2. The molecule has 1 amide bonds. The predicted octanol–water partition coefficient (Wildman–Crippen LogP) is 0.776. The number of ether oxygens (including phenoxy) is 1. The highest BCUT2D eigenvalue weighted by molar-refractivity contribution is 5.78. The second-order valence-electron chi connectivity index (χ2n) is 4.02. The molecule has 17 heavy (non-hydrogen) atoms. The second-order valence-corrected chi connectivity index (χ2v) is 4.02. The van der Waals surface area contributed by atoms with Crippen molar-refractivity contribution < 1.29 is 22.7 Å². The van der Waals surface area contributed by atoms with E-state index in [-0.39, 0.29) is 32.0 Å². The molecule has 0 saturated carbocycles. The van der Waals surface area contributed by atoms with Crippen molar-refractivity contribution in [3.05, 3.63) is 0 Å². The van der Waals surface area contributed by atoms with Crippen LogP contribution in [-0.4, -0.2) is 55.9 Å². The first kappa shape index (κ1) is 14.2. The van der Waals surface area contributed by atoms with Gasteiger partial charge >= 0.3 is 6.18 Å². The van der Waals surface area contributed by atoms with Crippen LogP contribution in [0.2, 0.25) is 0 Å². The zero-order valence-electron chi connectivity index (χ0n) is 9.93. The summed E-state index contributed by atoms with van der Waals surface area (Å²) in [5.74, 6) is -0.335. The lowest BCUT2D eigenvalue weighted by Gasteiger charge is -2.31. The number of amides is 1. The van der Waals surface area contributed by atoms with Gasteiger partial charge in [-0.2, -0.15) is 13.2 Å². The summed E-state index contributed by atoms with van der Waals surface area (Å²) in [6.45, 7) is 1.21. The van der Waals surface area contributed by atoms with Crippen molar-refractivity contribution in [3.63, 3.8) is 0 Å². The molecule has 0 aromatic rings. The molecule has 1 aliphatic heterocycles. The van der Waals surface area contributed by atoms with Crippen molar-refractivity contribution in [1.29, 1.82) is 0 Å². The lowest BCUT2D eigenvalue weighted by atomic mass is 10.0. The average molecular weight is 254 g/mol. The number of alkyl halides is 3. The molecule has 4 nitrogen and oxygen atoms in total. The predicted molar refractivity (Wildman–Crippen MR) is 55.5 cm³/mol. The fourth-order valence-electron chi connectivity index (χ4n) is 1.97. The second kappa shape index (κ2) is 5.22. The van der Waals surface area contributed by atoms with E-state index in [4.69, 9.17) is 4.74 Å². The van der Waals surface area contributed by atoms with Gasteiger partial charge < -0.3 is 15.0 Å². The van der Waals surface area contributed by atoms with E-state index in [1.54, 1.807) is 7.05 Å². The smallest absolute Gasteiger partial charge is 0.364 e. The molecule has 0 radical (unpaired) electrons. The maximum Gasteiger partial charge on any atom is 0.419 e. The van der Waals surface area contributed by atoms with Crippen molar-refractivity contribution in [2.24, 2.45) is 0 Å². The molecule has 100 valence electrons. The number of likely N-dealkylation sites (N-methyl/N-ethyl adjacent to an activating group) is 1. The van der Waals surface area contributed by atoms with Gasteiger partial charge in [0.25, 0.3) is 0 Å². The molecular weight excluding hydrogens is 237 g/mol. The molecule has 0 unspecified atom stereocenters. The molecule has 1 atom stereocenters. The quantitative estimate of drug-likeness (QED) is 0.806. The van der Waals surface area contributed by atoms with Crippen molar-refractivity contribution in [2.45, 2.75) is 25.1 Å².